The molecule has 0 fully saturated rings. The number of hydrogen-bond donors (Lipinski definition) is 2. The zero-order valence-corrected chi connectivity index (χ0v) is 11.5. The first-order valence-corrected chi connectivity index (χ1v) is 6.47. The second kappa shape index (κ2) is 8.32. The molecule has 0 heterocycles. The van der Waals surface area contributed by atoms with Gasteiger partial charge in [-0.15, -0.1) is 0 Å². The van der Waals surface area contributed by atoms with Gasteiger partial charge >= 0.3 is 0 Å². The lowest BCUT2D eigenvalue weighted by atomic mass is 10.2. The summed E-state index contributed by atoms with van der Waals surface area (Å²) in [7, 11) is 0. The van der Waals surface area contributed by atoms with Gasteiger partial charge in [-0.3, -0.25) is 0 Å². The lowest BCUT2D eigenvalue weighted by molar-refractivity contribution is -0.133. The molecule has 0 atom stereocenters. The highest BCUT2D eigenvalue weighted by atomic mass is 35.5. The molecule has 1 aromatic rings. The van der Waals surface area contributed by atoms with Crippen LogP contribution in [0.2, 0.25) is 5.02 Å². The summed E-state index contributed by atoms with van der Waals surface area (Å²) in [5.41, 5.74) is 0.686. The first-order chi connectivity index (χ1) is 8.69. The van der Waals surface area contributed by atoms with Gasteiger partial charge in [-0.2, -0.15) is 0 Å². The third-order valence-electron chi connectivity index (χ3n) is 2.41. The van der Waals surface area contributed by atoms with Crippen molar-refractivity contribution in [2.45, 2.75) is 26.7 Å². The van der Waals surface area contributed by atoms with Gasteiger partial charge in [0.2, 0.25) is 0 Å². The van der Waals surface area contributed by atoms with Crippen LogP contribution in [0.5, 0.6) is 5.75 Å². The average molecular weight is 274 g/mol. The summed E-state index contributed by atoms with van der Waals surface area (Å²) in [5, 5.41) is 13.4. The minimum absolute atomic E-state index is 0.194. The van der Waals surface area contributed by atoms with Crippen molar-refractivity contribution in [2.75, 3.05) is 19.8 Å². The smallest absolute Gasteiger partial charge is 0.169 e. The quantitative estimate of drug-likeness (QED) is 0.715. The number of benzene rings is 1. The van der Waals surface area contributed by atoms with Crippen molar-refractivity contribution in [1.82, 2.24) is 5.32 Å². The highest BCUT2D eigenvalue weighted by Crippen LogP contribution is 2.24. The summed E-state index contributed by atoms with van der Waals surface area (Å²) >= 11 is 6.00. The SMILES string of the molecule is CCOC(CNCc1c(O)cccc1Cl)OCC. The summed E-state index contributed by atoms with van der Waals surface area (Å²) in [6, 6.07) is 5.08. The molecule has 18 heavy (non-hydrogen) atoms. The molecular weight excluding hydrogens is 254 g/mol. The van der Waals surface area contributed by atoms with Gasteiger partial charge < -0.3 is 19.9 Å². The summed E-state index contributed by atoms with van der Waals surface area (Å²) < 4.78 is 10.8. The Morgan fingerprint density at radius 2 is 1.94 bits per heavy atom. The van der Waals surface area contributed by atoms with E-state index in [1.165, 1.54) is 0 Å². The van der Waals surface area contributed by atoms with E-state index in [0.29, 0.717) is 36.9 Å². The van der Waals surface area contributed by atoms with Crippen LogP contribution >= 0.6 is 11.6 Å². The average Bonchev–Trinajstić information content (AvgIpc) is 2.33. The van der Waals surface area contributed by atoms with Crippen molar-refractivity contribution in [1.29, 1.82) is 0 Å². The summed E-state index contributed by atoms with van der Waals surface area (Å²) in [6.07, 6.45) is -0.273. The number of halogens is 1. The van der Waals surface area contributed by atoms with E-state index in [1.807, 2.05) is 13.8 Å². The topological polar surface area (TPSA) is 50.7 Å². The van der Waals surface area contributed by atoms with Gasteiger partial charge in [-0.1, -0.05) is 17.7 Å². The van der Waals surface area contributed by atoms with E-state index in [-0.39, 0.29) is 12.0 Å². The summed E-state index contributed by atoms with van der Waals surface area (Å²) in [6.45, 7) is 6.07. The largest absolute Gasteiger partial charge is 0.508 e. The molecule has 4 nitrogen and oxygen atoms in total. The molecule has 102 valence electrons. The number of rotatable bonds is 8. The van der Waals surface area contributed by atoms with E-state index >= 15 is 0 Å². The Hall–Kier alpha value is -0.810. The molecule has 0 aliphatic rings. The zero-order chi connectivity index (χ0) is 13.4. The second-order valence-electron chi connectivity index (χ2n) is 3.71. The van der Waals surface area contributed by atoms with Crippen molar-refractivity contribution in [3.63, 3.8) is 0 Å². The third-order valence-corrected chi connectivity index (χ3v) is 2.77. The number of hydrogen-bond acceptors (Lipinski definition) is 4. The fourth-order valence-corrected chi connectivity index (χ4v) is 1.81. The molecule has 0 radical (unpaired) electrons. The number of aromatic hydroxyl groups is 1. The Kier molecular flexibility index (Phi) is 7.05. The van der Waals surface area contributed by atoms with Crippen molar-refractivity contribution in [3.05, 3.63) is 28.8 Å². The Labute approximate surface area is 113 Å². The second-order valence-corrected chi connectivity index (χ2v) is 4.12. The Morgan fingerprint density at radius 1 is 1.28 bits per heavy atom. The zero-order valence-electron chi connectivity index (χ0n) is 10.8. The van der Waals surface area contributed by atoms with Crippen LogP contribution in [0, 0.1) is 0 Å². The van der Waals surface area contributed by atoms with Crippen LogP contribution in [0.3, 0.4) is 0 Å². The van der Waals surface area contributed by atoms with Crippen molar-refractivity contribution in [3.8, 4) is 5.75 Å². The van der Waals surface area contributed by atoms with E-state index < -0.39 is 0 Å². The minimum atomic E-state index is -0.273. The summed E-state index contributed by atoms with van der Waals surface area (Å²) in [4.78, 5) is 0. The van der Waals surface area contributed by atoms with Crippen LogP contribution in [0.4, 0.5) is 0 Å². The minimum Gasteiger partial charge on any atom is -0.508 e. The van der Waals surface area contributed by atoms with E-state index in [0.717, 1.165) is 0 Å². The van der Waals surface area contributed by atoms with Gasteiger partial charge in [0.05, 0.1) is 0 Å². The van der Waals surface area contributed by atoms with Gasteiger partial charge in [0.25, 0.3) is 0 Å². The van der Waals surface area contributed by atoms with Crippen molar-refractivity contribution in [2.24, 2.45) is 0 Å². The van der Waals surface area contributed by atoms with E-state index in [4.69, 9.17) is 21.1 Å². The van der Waals surface area contributed by atoms with Gasteiger partial charge in [0.15, 0.2) is 6.29 Å². The van der Waals surface area contributed by atoms with Gasteiger partial charge in [-0.05, 0) is 26.0 Å². The van der Waals surface area contributed by atoms with Crippen molar-refractivity contribution < 1.29 is 14.6 Å². The number of ether oxygens (including phenoxy) is 2. The molecule has 0 saturated carbocycles. The van der Waals surface area contributed by atoms with Gasteiger partial charge in [0, 0.05) is 36.9 Å². The fourth-order valence-electron chi connectivity index (χ4n) is 1.58. The molecule has 0 bridgehead atoms. The lowest BCUT2D eigenvalue weighted by Gasteiger charge is -2.17. The molecule has 0 aliphatic carbocycles. The van der Waals surface area contributed by atoms with Crippen LogP contribution < -0.4 is 5.32 Å². The van der Waals surface area contributed by atoms with Crippen molar-refractivity contribution >= 4 is 11.6 Å². The van der Waals surface area contributed by atoms with Crippen LogP contribution in [-0.4, -0.2) is 31.2 Å². The molecule has 0 amide bonds. The maximum absolute atomic E-state index is 9.68. The predicted molar refractivity (Wildman–Crippen MR) is 71.9 cm³/mol. The highest BCUT2D eigenvalue weighted by Gasteiger charge is 2.09. The standard InChI is InChI=1S/C13H20ClNO3/c1-3-17-13(18-4-2)9-15-8-10-11(14)6-5-7-12(10)16/h5-7,13,15-16H,3-4,8-9H2,1-2H3. The number of phenols is 1. The summed E-state index contributed by atoms with van der Waals surface area (Å²) in [5.74, 6) is 0.194. The number of phenolic OH excluding ortho intramolecular Hbond substituents is 1. The molecule has 0 saturated heterocycles. The van der Waals surface area contributed by atoms with Crippen LogP contribution in [0.1, 0.15) is 19.4 Å². The highest BCUT2D eigenvalue weighted by molar-refractivity contribution is 6.31. The monoisotopic (exact) mass is 273 g/mol. The first kappa shape index (κ1) is 15.2. The molecule has 0 aliphatic heterocycles. The third kappa shape index (κ3) is 4.82. The maximum Gasteiger partial charge on any atom is 0.169 e. The van der Waals surface area contributed by atoms with Gasteiger partial charge in [0.1, 0.15) is 5.75 Å². The Bertz CT molecular complexity index is 334. The van der Waals surface area contributed by atoms with E-state index in [1.54, 1.807) is 18.2 Å². The molecular formula is C13H20ClNO3. The van der Waals surface area contributed by atoms with Crippen LogP contribution in [0.15, 0.2) is 18.2 Å². The molecule has 0 unspecified atom stereocenters. The maximum atomic E-state index is 9.68. The number of nitrogens with one attached hydrogen (secondary N) is 1. The molecule has 0 aromatic heterocycles. The first-order valence-electron chi connectivity index (χ1n) is 6.09. The van der Waals surface area contributed by atoms with Gasteiger partial charge in [-0.25, -0.2) is 0 Å². The van der Waals surface area contributed by atoms with E-state index in [2.05, 4.69) is 5.32 Å². The lowest BCUT2D eigenvalue weighted by Crippen LogP contribution is -2.31. The van der Waals surface area contributed by atoms with E-state index in [9.17, 15) is 5.11 Å². The molecule has 2 N–H and O–H groups in total. The predicted octanol–water partition coefficient (Wildman–Crippen LogP) is 2.53. The molecule has 1 rings (SSSR count). The molecule has 0 spiro atoms. The fraction of sp³-hybridized carbons (Fsp3) is 0.538. The van der Waals surface area contributed by atoms with Crippen LogP contribution in [0.25, 0.3) is 0 Å². The Morgan fingerprint density at radius 3 is 2.50 bits per heavy atom. The Balaban J connectivity index is 2.44. The molecule has 1 aromatic carbocycles. The molecule has 5 heteroatoms. The van der Waals surface area contributed by atoms with Crippen LogP contribution in [-0.2, 0) is 16.0 Å². The normalized spacial score (nSPS) is 11.1.